The van der Waals surface area contributed by atoms with Crippen LogP contribution in [-0.4, -0.2) is 84.6 Å². The molecular weight excluding hydrogens is 364 g/mol. The number of nitrogens with zero attached hydrogens (tertiary/aromatic N) is 6. The van der Waals surface area contributed by atoms with Crippen LogP contribution in [0.2, 0.25) is 0 Å². The lowest BCUT2D eigenvalue weighted by Crippen LogP contribution is -2.49. The van der Waals surface area contributed by atoms with Crippen molar-refractivity contribution < 1.29 is 4.79 Å². The Bertz CT molecular complexity index is 841. The number of carbonyl (C=O) groups is 1. The minimum absolute atomic E-state index is 0.00439. The summed E-state index contributed by atoms with van der Waals surface area (Å²) in [6.07, 6.45) is 1.71. The molecule has 0 N–H and O–H groups in total. The van der Waals surface area contributed by atoms with Gasteiger partial charge >= 0.3 is 0 Å². The molecule has 0 aliphatic carbocycles. The summed E-state index contributed by atoms with van der Waals surface area (Å²) in [6, 6.07) is 10.3. The average molecular weight is 395 g/mol. The van der Waals surface area contributed by atoms with Crippen molar-refractivity contribution in [1.82, 2.24) is 19.8 Å². The number of piperazine rings is 2. The maximum Gasteiger partial charge on any atom is 0.272 e. The van der Waals surface area contributed by atoms with E-state index in [1.54, 1.807) is 12.3 Å². The maximum atomic E-state index is 13.0. The third-order valence-electron chi connectivity index (χ3n) is 5.90. The van der Waals surface area contributed by atoms with E-state index in [-0.39, 0.29) is 5.91 Å². The fourth-order valence-corrected chi connectivity index (χ4v) is 4.04. The zero-order valence-corrected chi connectivity index (χ0v) is 17.4. The van der Waals surface area contributed by atoms with E-state index in [9.17, 15) is 4.79 Å². The minimum atomic E-state index is 0.00439. The fourth-order valence-electron chi connectivity index (χ4n) is 4.04. The molecule has 2 aromatic rings. The molecule has 7 heteroatoms. The third kappa shape index (κ3) is 4.50. The van der Waals surface area contributed by atoms with Gasteiger partial charge in [-0.25, -0.2) is 9.97 Å². The van der Waals surface area contributed by atoms with E-state index in [1.807, 2.05) is 4.90 Å². The van der Waals surface area contributed by atoms with Crippen molar-refractivity contribution in [2.24, 2.45) is 0 Å². The Kier molecular flexibility index (Phi) is 5.94. The Morgan fingerprint density at radius 3 is 2.38 bits per heavy atom. The molecule has 2 saturated heterocycles. The van der Waals surface area contributed by atoms with Gasteiger partial charge in [-0.05, 0) is 37.2 Å². The van der Waals surface area contributed by atoms with Gasteiger partial charge in [-0.3, -0.25) is 4.79 Å². The zero-order chi connectivity index (χ0) is 20.2. The highest BCUT2D eigenvalue weighted by Crippen LogP contribution is 2.19. The maximum absolute atomic E-state index is 13.0. The van der Waals surface area contributed by atoms with Gasteiger partial charge in [0.2, 0.25) is 5.95 Å². The molecule has 3 heterocycles. The predicted octanol–water partition coefficient (Wildman–Crippen LogP) is 1.89. The van der Waals surface area contributed by atoms with Crippen molar-refractivity contribution in [2.75, 3.05) is 68.7 Å². The van der Waals surface area contributed by atoms with Gasteiger partial charge in [0.25, 0.3) is 5.91 Å². The molecule has 1 aromatic heterocycles. The molecule has 2 aliphatic rings. The van der Waals surface area contributed by atoms with Crippen LogP contribution in [0.5, 0.6) is 0 Å². The number of benzene rings is 1. The predicted molar refractivity (Wildman–Crippen MR) is 116 cm³/mol. The lowest BCUT2D eigenvalue weighted by molar-refractivity contribution is 0.0740. The smallest absolute Gasteiger partial charge is 0.272 e. The normalized spacial score (nSPS) is 18.2. The van der Waals surface area contributed by atoms with Crippen molar-refractivity contribution in [2.45, 2.75) is 13.8 Å². The molecule has 0 atom stereocenters. The monoisotopic (exact) mass is 394 g/mol. The second kappa shape index (κ2) is 8.78. The van der Waals surface area contributed by atoms with E-state index in [1.165, 1.54) is 11.3 Å². The van der Waals surface area contributed by atoms with Crippen LogP contribution in [-0.2, 0) is 0 Å². The van der Waals surface area contributed by atoms with E-state index in [0.29, 0.717) is 24.7 Å². The molecule has 0 bridgehead atoms. The van der Waals surface area contributed by atoms with Crippen molar-refractivity contribution in [3.05, 3.63) is 47.8 Å². The van der Waals surface area contributed by atoms with Crippen molar-refractivity contribution in [3.8, 4) is 0 Å². The number of hydrogen-bond acceptors (Lipinski definition) is 6. The van der Waals surface area contributed by atoms with E-state index >= 15 is 0 Å². The first-order valence-electron chi connectivity index (χ1n) is 10.6. The van der Waals surface area contributed by atoms with Gasteiger partial charge in [0.15, 0.2) is 0 Å². The molecule has 2 fully saturated rings. The van der Waals surface area contributed by atoms with E-state index in [2.05, 4.69) is 62.8 Å². The number of amides is 1. The van der Waals surface area contributed by atoms with Gasteiger partial charge in [-0.2, -0.15) is 0 Å². The molecular formula is C22H30N6O. The lowest BCUT2D eigenvalue weighted by atomic mass is 10.2. The molecule has 1 amide bonds. The van der Waals surface area contributed by atoms with Gasteiger partial charge in [0.05, 0.1) is 0 Å². The summed E-state index contributed by atoms with van der Waals surface area (Å²) >= 11 is 0. The van der Waals surface area contributed by atoms with Crippen LogP contribution in [0.4, 0.5) is 11.6 Å². The van der Waals surface area contributed by atoms with Crippen LogP contribution in [0, 0.1) is 6.92 Å². The Morgan fingerprint density at radius 1 is 0.966 bits per heavy atom. The molecule has 154 valence electrons. The number of rotatable bonds is 4. The Morgan fingerprint density at radius 2 is 1.69 bits per heavy atom. The Hall–Kier alpha value is -2.67. The molecule has 0 radical (unpaired) electrons. The summed E-state index contributed by atoms with van der Waals surface area (Å²) in [5.41, 5.74) is 2.99. The highest BCUT2D eigenvalue weighted by Gasteiger charge is 2.25. The van der Waals surface area contributed by atoms with Gasteiger partial charge in [0, 0.05) is 64.2 Å². The van der Waals surface area contributed by atoms with Gasteiger partial charge < -0.3 is 19.6 Å². The minimum Gasteiger partial charge on any atom is -0.368 e. The second-order valence-corrected chi connectivity index (χ2v) is 7.78. The number of hydrogen-bond donors (Lipinski definition) is 0. The molecule has 2 aliphatic heterocycles. The topological polar surface area (TPSA) is 55.8 Å². The first-order chi connectivity index (χ1) is 14.1. The van der Waals surface area contributed by atoms with Crippen molar-refractivity contribution in [1.29, 1.82) is 0 Å². The van der Waals surface area contributed by atoms with Crippen LogP contribution in [0.1, 0.15) is 23.0 Å². The fraction of sp³-hybridized carbons (Fsp3) is 0.500. The molecule has 7 nitrogen and oxygen atoms in total. The lowest BCUT2D eigenvalue weighted by Gasteiger charge is -2.36. The summed E-state index contributed by atoms with van der Waals surface area (Å²) in [7, 11) is 0. The summed E-state index contributed by atoms with van der Waals surface area (Å²) in [4.78, 5) is 30.9. The summed E-state index contributed by atoms with van der Waals surface area (Å²) in [5.74, 6) is 0.676. The highest BCUT2D eigenvalue weighted by molar-refractivity contribution is 5.92. The van der Waals surface area contributed by atoms with Gasteiger partial charge in [-0.1, -0.05) is 19.1 Å². The largest absolute Gasteiger partial charge is 0.368 e. The summed E-state index contributed by atoms with van der Waals surface area (Å²) in [6.45, 7) is 12.3. The van der Waals surface area contributed by atoms with E-state index in [0.717, 1.165) is 45.8 Å². The molecule has 0 saturated carbocycles. The Balaban J connectivity index is 1.38. The number of anilines is 2. The van der Waals surface area contributed by atoms with Crippen LogP contribution in [0.25, 0.3) is 0 Å². The van der Waals surface area contributed by atoms with E-state index in [4.69, 9.17) is 0 Å². The molecule has 4 rings (SSSR count). The zero-order valence-electron chi connectivity index (χ0n) is 17.4. The van der Waals surface area contributed by atoms with Crippen molar-refractivity contribution in [3.63, 3.8) is 0 Å². The molecule has 29 heavy (non-hydrogen) atoms. The van der Waals surface area contributed by atoms with Crippen LogP contribution in [0.3, 0.4) is 0 Å². The molecule has 1 aromatic carbocycles. The van der Waals surface area contributed by atoms with Crippen LogP contribution >= 0.6 is 0 Å². The number of aromatic nitrogens is 2. The molecule has 0 spiro atoms. The van der Waals surface area contributed by atoms with Crippen LogP contribution < -0.4 is 9.80 Å². The Labute approximate surface area is 172 Å². The van der Waals surface area contributed by atoms with Gasteiger partial charge in [-0.15, -0.1) is 0 Å². The molecule has 0 unspecified atom stereocenters. The third-order valence-corrected chi connectivity index (χ3v) is 5.90. The summed E-state index contributed by atoms with van der Waals surface area (Å²) < 4.78 is 0. The first-order valence-corrected chi connectivity index (χ1v) is 10.6. The van der Waals surface area contributed by atoms with Crippen molar-refractivity contribution >= 4 is 17.5 Å². The number of likely N-dealkylation sites (N-methyl/N-ethyl adjacent to an activating group) is 1. The van der Waals surface area contributed by atoms with Gasteiger partial charge in [0.1, 0.15) is 5.69 Å². The SMILES string of the molecule is CCN1CCN(c2nccc(C(=O)N3CCN(c4cccc(C)c4)CC3)n2)CC1. The van der Waals surface area contributed by atoms with Crippen LogP contribution in [0.15, 0.2) is 36.5 Å². The second-order valence-electron chi connectivity index (χ2n) is 7.78. The standard InChI is InChI=1S/C22H30N6O/c1-3-25-9-11-28(12-10-25)22-23-8-7-20(24-22)21(29)27-15-13-26(14-16-27)19-6-4-5-18(2)17-19/h4-8,17H,3,9-16H2,1-2H3. The first kappa shape index (κ1) is 19.6. The number of aryl methyl sites for hydroxylation is 1. The number of carbonyl (C=O) groups excluding carboxylic acids is 1. The summed E-state index contributed by atoms with van der Waals surface area (Å²) in [5, 5.41) is 0. The highest BCUT2D eigenvalue weighted by atomic mass is 16.2. The van der Waals surface area contributed by atoms with E-state index < -0.39 is 0 Å². The quantitative estimate of drug-likeness (QED) is 0.789. The average Bonchev–Trinajstić information content (AvgIpc) is 2.79.